The molecule has 4 aliphatic heterocycles. The molecule has 4 atom stereocenters. The number of nitrogens with zero attached hydrogens (tertiary/aromatic N) is 2. The summed E-state index contributed by atoms with van der Waals surface area (Å²) in [5.41, 5.74) is 4.55. The molecule has 3 aromatic carbocycles. The number of hydrogen-bond acceptors (Lipinski definition) is 5. The van der Waals surface area contributed by atoms with Crippen molar-refractivity contribution in [2.75, 3.05) is 37.1 Å². The Balaban J connectivity index is 1.56. The standard InChI is InChI=1S/C33H32ClN3O2S/c1-20-8-4-6-10-22(20)14-23-16-36(3)18-32(30(23)38)29(25-11-7-5-9-21(25)2)28-17-40-19-37(28)33(32)26-15-24(34)12-13-27(26)35-31(33)39/h4-15,28-29H,16-19H2,1-3H3,(H,35,39)/b23-14+/t28-,29-,32-,33-/m0/s1. The van der Waals surface area contributed by atoms with E-state index in [4.69, 9.17) is 11.6 Å². The maximum absolute atomic E-state index is 15.4. The summed E-state index contributed by atoms with van der Waals surface area (Å²) >= 11 is 8.47. The molecule has 4 heterocycles. The molecule has 2 spiro atoms. The van der Waals surface area contributed by atoms with E-state index in [-0.39, 0.29) is 23.7 Å². The molecular weight excluding hydrogens is 538 g/mol. The highest BCUT2D eigenvalue weighted by atomic mass is 35.5. The number of Topliss-reactive ketones (excluding diaryl/α,β-unsaturated/α-hetero) is 1. The van der Waals surface area contributed by atoms with Crippen LogP contribution in [0.5, 0.6) is 0 Å². The molecule has 0 saturated carbocycles. The molecule has 0 aromatic heterocycles. The van der Waals surface area contributed by atoms with E-state index in [1.807, 2.05) is 48.2 Å². The van der Waals surface area contributed by atoms with Crippen molar-refractivity contribution in [2.24, 2.45) is 5.41 Å². The molecule has 0 unspecified atom stereocenters. The zero-order valence-corrected chi connectivity index (χ0v) is 24.5. The second-order valence-corrected chi connectivity index (χ2v) is 13.2. The van der Waals surface area contributed by atoms with Gasteiger partial charge in [0.05, 0.1) is 5.41 Å². The Morgan fingerprint density at radius 3 is 2.55 bits per heavy atom. The van der Waals surface area contributed by atoms with Gasteiger partial charge in [-0.1, -0.05) is 60.1 Å². The molecule has 7 rings (SSSR count). The first-order valence-electron chi connectivity index (χ1n) is 13.8. The third-order valence-corrected chi connectivity index (χ3v) is 10.8. The number of carbonyl (C=O) groups is 2. The predicted octanol–water partition coefficient (Wildman–Crippen LogP) is 5.86. The number of anilines is 1. The summed E-state index contributed by atoms with van der Waals surface area (Å²) in [5.74, 6) is 1.33. The highest BCUT2D eigenvalue weighted by Crippen LogP contribution is 2.69. The number of fused-ring (bicyclic) bond motifs is 5. The van der Waals surface area contributed by atoms with E-state index in [0.29, 0.717) is 24.0 Å². The summed E-state index contributed by atoms with van der Waals surface area (Å²) in [4.78, 5) is 34.6. The summed E-state index contributed by atoms with van der Waals surface area (Å²) in [6.07, 6.45) is 2.06. The number of nitrogens with one attached hydrogen (secondary N) is 1. The van der Waals surface area contributed by atoms with Crippen LogP contribution in [0.2, 0.25) is 5.02 Å². The van der Waals surface area contributed by atoms with E-state index in [1.54, 1.807) is 0 Å². The van der Waals surface area contributed by atoms with Gasteiger partial charge in [-0.2, -0.15) is 0 Å². The minimum absolute atomic E-state index is 0.0249. The van der Waals surface area contributed by atoms with Crippen molar-refractivity contribution in [3.05, 3.63) is 105 Å². The number of aryl methyl sites for hydroxylation is 2. The zero-order valence-electron chi connectivity index (χ0n) is 22.9. The van der Waals surface area contributed by atoms with Crippen molar-refractivity contribution in [3.63, 3.8) is 0 Å². The molecule has 3 fully saturated rings. The van der Waals surface area contributed by atoms with Crippen LogP contribution in [0.25, 0.3) is 6.08 Å². The second-order valence-electron chi connectivity index (χ2n) is 11.7. The van der Waals surface area contributed by atoms with E-state index in [9.17, 15) is 4.79 Å². The van der Waals surface area contributed by atoms with Crippen LogP contribution in [-0.4, -0.2) is 59.3 Å². The average molecular weight is 570 g/mol. The van der Waals surface area contributed by atoms with Gasteiger partial charge in [-0.3, -0.25) is 14.5 Å². The molecule has 0 radical (unpaired) electrons. The van der Waals surface area contributed by atoms with E-state index in [2.05, 4.69) is 72.4 Å². The van der Waals surface area contributed by atoms with E-state index >= 15 is 4.79 Å². The number of hydrogen-bond donors (Lipinski definition) is 1. The summed E-state index contributed by atoms with van der Waals surface area (Å²) in [7, 11) is 2.08. The summed E-state index contributed by atoms with van der Waals surface area (Å²) in [5, 5.41) is 3.77. The third kappa shape index (κ3) is 3.37. The normalized spacial score (nSPS) is 30.9. The van der Waals surface area contributed by atoms with Crippen molar-refractivity contribution in [1.29, 1.82) is 0 Å². The van der Waals surface area contributed by atoms with Crippen LogP contribution >= 0.6 is 23.4 Å². The van der Waals surface area contributed by atoms with E-state index in [0.717, 1.165) is 44.8 Å². The molecule has 0 bridgehead atoms. The Hall–Kier alpha value is -2.90. The zero-order chi connectivity index (χ0) is 27.8. The summed E-state index contributed by atoms with van der Waals surface area (Å²) < 4.78 is 0. The SMILES string of the molecule is Cc1ccccc1/C=C1\CN(C)C[C@@]2(C1=O)[C@@H](c1ccccc1C)[C@@H]1CSCN1[C@@]21C(=O)Nc2ccc(Cl)cc21. The van der Waals surface area contributed by atoms with Crippen molar-refractivity contribution in [2.45, 2.75) is 31.3 Å². The van der Waals surface area contributed by atoms with Crippen LogP contribution in [0, 0.1) is 19.3 Å². The first-order valence-corrected chi connectivity index (χ1v) is 15.3. The molecular formula is C33H32ClN3O2S. The van der Waals surface area contributed by atoms with Crippen LogP contribution in [0.15, 0.2) is 72.3 Å². The molecule has 7 heteroatoms. The van der Waals surface area contributed by atoms with Gasteiger partial charge in [0, 0.05) is 58.5 Å². The van der Waals surface area contributed by atoms with Gasteiger partial charge in [0.2, 0.25) is 0 Å². The Bertz CT molecular complexity index is 1600. The minimum Gasteiger partial charge on any atom is -0.324 e. The number of ketones is 1. The number of carbonyl (C=O) groups excluding carboxylic acids is 2. The molecule has 4 aliphatic rings. The second kappa shape index (κ2) is 9.31. The maximum atomic E-state index is 15.4. The molecule has 1 amide bonds. The van der Waals surface area contributed by atoms with Gasteiger partial charge in [-0.15, -0.1) is 11.8 Å². The minimum atomic E-state index is -1.18. The van der Waals surface area contributed by atoms with Crippen molar-refractivity contribution in [1.82, 2.24) is 9.80 Å². The smallest absolute Gasteiger partial charge is 0.250 e. The summed E-state index contributed by atoms with van der Waals surface area (Å²) in [6, 6.07) is 22.2. The Labute approximate surface area is 244 Å². The van der Waals surface area contributed by atoms with Crippen LogP contribution in [0.3, 0.4) is 0 Å². The van der Waals surface area contributed by atoms with Gasteiger partial charge in [0.25, 0.3) is 5.91 Å². The molecule has 0 aliphatic carbocycles. The number of benzene rings is 3. The van der Waals surface area contributed by atoms with Gasteiger partial charge >= 0.3 is 0 Å². The average Bonchev–Trinajstić information content (AvgIpc) is 3.57. The largest absolute Gasteiger partial charge is 0.324 e. The lowest BCUT2D eigenvalue weighted by Gasteiger charge is -2.51. The van der Waals surface area contributed by atoms with Gasteiger partial charge in [0.1, 0.15) is 5.54 Å². The van der Waals surface area contributed by atoms with Crippen molar-refractivity contribution < 1.29 is 9.59 Å². The van der Waals surface area contributed by atoms with E-state index < -0.39 is 11.0 Å². The first kappa shape index (κ1) is 26.0. The highest BCUT2D eigenvalue weighted by Gasteiger charge is 2.78. The lowest BCUT2D eigenvalue weighted by molar-refractivity contribution is -0.146. The molecule has 5 nitrogen and oxygen atoms in total. The van der Waals surface area contributed by atoms with Crippen LogP contribution in [0.4, 0.5) is 5.69 Å². The van der Waals surface area contributed by atoms with Gasteiger partial charge in [-0.05, 0) is 67.4 Å². The summed E-state index contributed by atoms with van der Waals surface area (Å²) in [6.45, 7) is 5.21. The Kier molecular flexibility index (Phi) is 6.06. The van der Waals surface area contributed by atoms with E-state index in [1.165, 1.54) is 0 Å². The van der Waals surface area contributed by atoms with Crippen molar-refractivity contribution >= 4 is 46.8 Å². The number of piperidine rings is 1. The fraction of sp³-hybridized carbons (Fsp3) is 0.333. The fourth-order valence-corrected chi connectivity index (χ4v) is 9.53. The molecule has 3 saturated heterocycles. The monoisotopic (exact) mass is 569 g/mol. The fourth-order valence-electron chi connectivity index (χ4n) is 8.05. The van der Waals surface area contributed by atoms with Gasteiger partial charge in [0.15, 0.2) is 5.78 Å². The van der Waals surface area contributed by atoms with Crippen LogP contribution in [-0.2, 0) is 15.1 Å². The molecule has 3 aromatic rings. The number of rotatable bonds is 2. The highest BCUT2D eigenvalue weighted by molar-refractivity contribution is 7.99. The Morgan fingerprint density at radius 2 is 1.77 bits per heavy atom. The van der Waals surface area contributed by atoms with Crippen molar-refractivity contribution in [3.8, 4) is 0 Å². The topological polar surface area (TPSA) is 52.7 Å². The van der Waals surface area contributed by atoms with Crippen LogP contribution in [0.1, 0.15) is 33.7 Å². The first-order chi connectivity index (χ1) is 19.3. The maximum Gasteiger partial charge on any atom is 0.250 e. The predicted molar refractivity (Wildman–Crippen MR) is 163 cm³/mol. The number of amides is 1. The lowest BCUT2D eigenvalue weighted by atomic mass is 9.55. The Morgan fingerprint density at radius 1 is 1.02 bits per heavy atom. The molecule has 1 N–H and O–H groups in total. The number of thioether (sulfide) groups is 1. The van der Waals surface area contributed by atoms with Gasteiger partial charge < -0.3 is 10.2 Å². The number of halogens is 1. The quantitative estimate of drug-likeness (QED) is 0.392. The lowest BCUT2D eigenvalue weighted by Crippen LogP contribution is -2.65. The number of likely N-dealkylation sites (N-methyl/N-ethyl adjacent to an activating group) is 1. The van der Waals surface area contributed by atoms with Gasteiger partial charge in [-0.25, -0.2) is 0 Å². The van der Waals surface area contributed by atoms with Crippen LogP contribution < -0.4 is 5.32 Å². The number of likely N-dealkylation sites (tertiary alicyclic amines) is 1. The molecule has 204 valence electrons. The molecule has 40 heavy (non-hydrogen) atoms. The third-order valence-electron chi connectivity index (χ3n) is 9.56.